The molecule has 0 radical (unpaired) electrons. The molecule has 1 fully saturated rings. The monoisotopic (exact) mass is 264 g/mol. The number of nitrogens with one attached hydrogen (secondary N) is 1. The molecule has 1 aliphatic heterocycles. The summed E-state index contributed by atoms with van der Waals surface area (Å²) in [6.45, 7) is 0.688. The zero-order valence-electron chi connectivity index (χ0n) is 11.2. The van der Waals surface area contributed by atoms with Crippen molar-refractivity contribution in [2.75, 3.05) is 25.5 Å². The minimum Gasteiger partial charge on any atom is -0.394 e. The summed E-state index contributed by atoms with van der Waals surface area (Å²) in [5.74, 6) is 0.488. The number of rotatable bonds is 3. The normalized spacial score (nSPS) is 19.9. The first-order valence-corrected chi connectivity index (χ1v) is 6.68. The van der Waals surface area contributed by atoms with Gasteiger partial charge in [-0.05, 0) is 12.8 Å². The zero-order chi connectivity index (χ0) is 13.7. The van der Waals surface area contributed by atoms with Crippen molar-refractivity contribution < 1.29 is 9.90 Å². The molecule has 1 atom stereocenters. The van der Waals surface area contributed by atoms with Crippen LogP contribution in [0.3, 0.4) is 0 Å². The molecular weight excluding hydrogens is 244 g/mol. The van der Waals surface area contributed by atoms with Crippen LogP contribution < -0.4 is 5.32 Å². The zero-order valence-corrected chi connectivity index (χ0v) is 11.2. The first-order chi connectivity index (χ1) is 9.26. The third-order valence-corrected chi connectivity index (χ3v) is 3.48. The van der Waals surface area contributed by atoms with E-state index < -0.39 is 0 Å². The molecule has 0 saturated carbocycles. The highest BCUT2D eigenvalue weighted by Gasteiger charge is 2.26. The van der Waals surface area contributed by atoms with E-state index in [4.69, 9.17) is 0 Å². The second kappa shape index (κ2) is 6.47. The average Bonchev–Trinajstić information content (AvgIpc) is 2.71. The number of hydrogen-bond acceptors (Lipinski definition) is 5. The van der Waals surface area contributed by atoms with Gasteiger partial charge in [0.05, 0.1) is 25.0 Å². The van der Waals surface area contributed by atoms with Crippen molar-refractivity contribution in [3.8, 4) is 0 Å². The van der Waals surface area contributed by atoms with Crippen molar-refractivity contribution in [1.82, 2.24) is 14.9 Å². The van der Waals surface area contributed by atoms with E-state index in [0.717, 1.165) is 25.7 Å². The van der Waals surface area contributed by atoms with Crippen LogP contribution in [-0.2, 0) is 0 Å². The summed E-state index contributed by atoms with van der Waals surface area (Å²) < 4.78 is 0. The van der Waals surface area contributed by atoms with Crippen LogP contribution in [0.15, 0.2) is 12.4 Å². The molecule has 1 aromatic rings. The predicted molar refractivity (Wildman–Crippen MR) is 72.0 cm³/mol. The topological polar surface area (TPSA) is 78.4 Å². The maximum Gasteiger partial charge on any atom is 0.274 e. The van der Waals surface area contributed by atoms with E-state index in [0.29, 0.717) is 18.1 Å². The fraction of sp³-hybridized carbons (Fsp3) is 0.615. The van der Waals surface area contributed by atoms with Crippen LogP contribution in [0.5, 0.6) is 0 Å². The van der Waals surface area contributed by atoms with E-state index in [-0.39, 0.29) is 18.6 Å². The molecule has 0 aliphatic carbocycles. The van der Waals surface area contributed by atoms with Gasteiger partial charge in [0, 0.05) is 13.6 Å². The molecule has 6 heteroatoms. The smallest absolute Gasteiger partial charge is 0.274 e. The summed E-state index contributed by atoms with van der Waals surface area (Å²) in [5.41, 5.74) is 0.333. The number of aliphatic hydroxyl groups is 1. The summed E-state index contributed by atoms with van der Waals surface area (Å²) in [6.07, 6.45) is 7.01. The number of carbonyl (C=O) groups excluding carboxylic acids is 1. The van der Waals surface area contributed by atoms with Crippen molar-refractivity contribution in [1.29, 1.82) is 0 Å². The Morgan fingerprint density at radius 1 is 1.42 bits per heavy atom. The molecule has 1 aromatic heterocycles. The van der Waals surface area contributed by atoms with Crippen molar-refractivity contribution in [2.24, 2.45) is 0 Å². The number of aliphatic hydroxyl groups excluding tert-OH is 1. The summed E-state index contributed by atoms with van der Waals surface area (Å²) in [7, 11) is 1.75. The van der Waals surface area contributed by atoms with Crippen LogP contribution in [0.1, 0.15) is 36.2 Å². The molecule has 0 aromatic carbocycles. The van der Waals surface area contributed by atoms with E-state index in [2.05, 4.69) is 15.3 Å². The molecule has 0 spiro atoms. The van der Waals surface area contributed by atoms with Crippen LogP contribution in [0.2, 0.25) is 0 Å². The Hall–Kier alpha value is -1.69. The Labute approximate surface area is 112 Å². The first-order valence-electron chi connectivity index (χ1n) is 6.68. The molecule has 2 N–H and O–H groups in total. The van der Waals surface area contributed by atoms with E-state index in [1.807, 2.05) is 0 Å². The number of anilines is 1. The van der Waals surface area contributed by atoms with E-state index in [1.165, 1.54) is 6.20 Å². The molecule has 19 heavy (non-hydrogen) atoms. The van der Waals surface area contributed by atoms with Gasteiger partial charge >= 0.3 is 0 Å². The highest BCUT2D eigenvalue weighted by Crippen LogP contribution is 2.18. The van der Waals surface area contributed by atoms with E-state index in [9.17, 15) is 9.90 Å². The Bertz CT molecular complexity index is 421. The second-order valence-corrected chi connectivity index (χ2v) is 4.72. The lowest BCUT2D eigenvalue weighted by molar-refractivity contribution is 0.0593. The third kappa shape index (κ3) is 3.20. The van der Waals surface area contributed by atoms with Gasteiger partial charge < -0.3 is 15.3 Å². The Morgan fingerprint density at radius 3 is 2.89 bits per heavy atom. The molecule has 0 bridgehead atoms. The number of hydrogen-bond donors (Lipinski definition) is 2. The molecule has 2 rings (SSSR count). The summed E-state index contributed by atoms with van der Waals surface area (Å²) in [5, 5.41) is 12.3. The molecular formula is C13H20N4O2. The fourth-order valence-corrected chi connectivity index (χ4v) is 2.35. The van der Waals surface area contributed by atoms with Gasteiger partial charge in [0.2, 0.25) is 0 Å². The maximum atomic E-state index is 12.4. The van der Waals surface area contributed by atoms with E-state index in [1.54, 1.807) is 18.1 Å². The van der Waals surface area contributed by atoms with Gasteiger partial charge in [0.25, 0.3) is 5.91 Å². The second-order valence-electron chi connectivity index (χ2n) is 4.72. The number of likely N-dealkylation sites (tertiary alicyclic amines) is 1. The predicted octanol–water partition coefficient (Wildman–Crippen LogP) is 0.895. The van der Waals surface area contributed by atoms with Crippen molar-refractivity contribution in [3.63, 3.8) is 0 Å². The van der Waals surface area contributed by atoms with Crippen LogP contribution in [0, 0.1) is 0 Å². The maximum absolute atomic E-state index is 12.4. The van der Waals surface area contributed by atoms with Crippen molar-refractivity contribution in [2.45, 2.75) is 31.7 Å². The average molecular weight is 264 g/mol. The van der Waals surface area contributed by atoms with E-state index >= 15 is 0 Å². The quantitative estimate of drug-likeness (QED) is 0.848. The van der Waals surface area contributed by atoms with Crippen LogP contribution in [-0.4, -0.2) is 52.1 Å². The lowest BCUT2D eigenvalue weighted by Crippen LogP contribution is -2.42. The number of aromatic nitrogens is 2. The first kappa shape index (κ1) is 13.7. The van der Waals surface area contributed by atoms with Crippen molar-refractivity contribution in [3.05, 3.63) is 18.1 Å². The van der Waals surface area contributed by atoms with Gasteiger partial charge in [-0.15, -0.1) is 0 Å². The minimum absolute atomic E-state index is 0.00771. The van der Waals surface area contributed by atoms with Crippen molar-refractivity contribution >= 4 is 11.7 Å². The Balaban J connectivity index is 2.15. The van der Waals surface area contributed by atoms with Gasteiger partial charge in [-0.3, -0.25) is 4.79 Å². The number of amides is 1. The van der Waals surface area contributed by atoms with Crippen LogP contribution in [0.4, 0.5) is 5.82 Å². The number of nitrogens with zero attached hydrogens (tertiary/aromatic N) is 3. The lowest BCUT2D eigenvalue weighted by Gasteiger charge is -2.28. The van der Waals surface area contributed by atoms with Gasteiger partial charge in [-0.2, -0.15) is 0 Å². The van der Waals surface area contributed by atoms with Crippen LogP contribution >= 0.6 is 0 Å². The van der Waals surface area contributed by atoms with Crippen LogP contribution in [0.25, 0.3) is 0 Å². The van der Waals surface area contributed by atoms with Gasteiger partial charge in [0.1, 0.15) is 11.5 Å². The highest BCUT2D eigenvalue weighted by atomic mass is 16.3. The molecule has 2 heterocycles. The van der Waals surface area contributed by atoms with Gasteiger partial charge in [-0.1, -0.05) is 12.8 Å². The largest absolute Gasteiger partial charge is 0.394 e. The minimum atomic E-state index is -0.142. The van der Waals surface area contributed by atoms with Gasteiger partial charge in [0.15, 0.2) is 0 Å². The Morgan fingerprint density at radius 2 is 2.26 bits per heavy atom. The molecule has 1 aliphatic rings. The molecule has 1 saturated heterocycles. The number of carbonyl (C=O) groups is 1. The standard InChI is InChI=1S/C13H20N4O2/c1-14-12-8-15-11(7-16-12)13(19)17-6-4-2-3-5-10(17)9-18/h7-8,10,18H,2-6,9H2,1H3,(H,14,16). The summed E-state index contributed by atoms with van der Waals surface area (Å²) in [6, 6.07) is -0.0965. The fourth-order valence-electron chi connectivity index (χ4n) is 2.35. The SMILES string of the molecule is CNc1cnc(C(=O)N2CCCCCC2CO)cn1. The van der Waals surface area contributed by atoms with Gasteiger partial charge in [-0.25, -0.2) is 9.97 Å². The summed E-state index contributed by atoms with van der Waals surface area (Å²) >= 11 is 0. The molecule has 1 unspecified atom stereocenters. The molecule has 1 amide bonds. The molecule has 104 valence electrons. The highest BCUT2D eigenvalue weighted by molar-refractivity contribution is 5.92. The third-order valence-electron chi connectivity index (χ3n) is 3.48. The molecule has 6 nitrogen and oxygen atoms in total. The Kier molecular flexibility index (Phi) is 4.68. The lowest BCUT2D eigenvalue weighted by atomic mass is 10.1. The summed E-state index contributed by atoms with van der Waals surface area (Å²) in [4.78, 5) is 22.4.